The van der Waals surface area contributed by atoms with E-state index in [0.717, 1.165) is 6.54 Å². The van der Waals surface area contributed by atoms with Crippen LogP contribution in [0.5, 0.6) is 0 Å². The topological polar surface area (TPSA) is 79.3 Å². The average molecular weight is 293 g/mol. The van der Waals surface area contributed by atoms with Gasteiger partial charge < -0.3 is 15.2 Å². The molecule has 1 aromatic rings. The number of amides is 2. The minimum absolute atomic E-state index is 0.0558. The zero-order valence-electron chi connectivity index (χ0n) is 12.6. The average Bonchev–Trinajstić information content (AvgIpc) is 2.94. The fourth-order valence-electron chi connectivity index (χ4n) is 2.55. The second-order valence-corrected chi connectivity index (χ2v) is 5.49. The highest BCUT2D eigenvalue weighted by Gasteiger charge is 2.32. The maximum atomic E-state index is 12.0. The van der Waals surface area contributed by atoms with Gasteiger partial charge in [-0.2, -0.15) is 0 Å². The molecular formula is C14H23N5O2. The number of rotatable bonds is 6. The van der Waals surface area contributed by atoms with Gasteiger partial charge in [0.1, 0.15) is 0 Å². The molecule has 0 saturated carbocycles. The van der Waals surface area contributed by atoms with Crippen LogP contribution in [0.4, 0.5) is 0 Å². The van der Waals surface area contributed by atoms with Gasteiger partial charge in [-0.05, 0) is 13.8 Å². The highest BCUT2D eigenvalue weighted by molar-refractivity contribution is 5.88. The van der Waals surface area contributed by atoms with Crippen LogP contribution in [0, 0.1) is 0 Å². The van der Waals surface area contributed by atoms with Gasteiger partial charge in [0.2, 0.25) is 11.8 Å². The summed E-state index contributed by atoms with van der Waals surface area (Å²) >= 11 is 0. The molecule has 1 aromatic heterocycles. The molecule has 116 valence electrons. The fourth-order valence-corrected chi connectivity index (χ4v) is 2.55. The molecular weight excluding hydrogens is 270 g/mol. The summed E-state index contributed by atoms with van der Waals surface area (Å²) in [6.45, 7) is 6.74. The Morgan fingerprint density at radius 3 is 3.05 bits per heavy atom. The summed E-state index contributed by atoms with van der Waals surface area (Å²) in [4.78, 5) is 30.0. The third-order valence-corrected chi connectivity index (χ3v) is 3.67. The van der Waals surface area contributed by atoms with E-state index in [1.54, 1.807) is 12.5 Å². The molecule has 1 atom stereocenters. The lowest BCUT2D eigenvalue weighted by Crippen LogP contribution is -2.58. The van der Waals surface area contributed by atoms with Crippen molar-refractivity contribution in [1.29, 1.82) is 0 Å². The molecule has 7 nitrogen and oxygen atoms in total. The minimum Gasteiger partial charge on any atom is -0.354 e. The molecule has 0 aromatic carbocycles. The zero-order valence-corrected chi connectivity index (χ0v) is 12.6. The summed E-state index contributed by atoms with van der Waals surface area (Å²) in [6.07, 6.45) is 5.46. The van der Waals surface area contributed by atoms with Crippen LogP contribution in [-0.4, -0.2) is 58.0 Å². The molecule has 0 bridgehead atoms. The Balaban J connectivity index is 1.80. The Morgan fingerprint density at radius 1 is 1.57 bits per heavy atom. The van der Waals surface area contributed by atoms with Gasteiger partial charge in [-0.25, -0.2) is 4.98 Å². The molecule has 0 aliphatic carbocycles. The van der Waals surface area contributed by atoms with Gasteiger partial charge in [0.05, 0.1) is 18.8 Å². The molecule has 7 heteroatoms. The van der Waals surface area contributed by atoms with Crippen molar-refractivity contribution in [3.8, 4) is 0 Å². The predicted octanol–water partition coefficient (Wildman–Crippen LogP) is -0.402. The van der Waals surface area contributed by atoms with Crippen LogP contribution >= 0.6 is 0 Å². The number of carbonyl (C=O) groups is 2. The summed E-state index contributed by atoms with van der Waals surface area (Å²) < 4.78 is 1.90. The van der Waals surface area contributed by atoms with Crippen molar-refractivity contribution < 1.29 is 9.59 Å². The summed E-state index contributed by atoms with van der Waals surface area (Å²) in [7, 11) is 0. The number of carbonyl (C=O) groups excluding carboxylic acids is 2. The molecule has 1 saturated heterocycles. The van der Waals surface area contributed by atoms with Crippen molar-refractivity contribution in [2.24, 2.45) is 0 Å². The molecule has 21 heavy (non-hydrogen) atoms. The zero-order chi connectivity index (χ0) is 15.2. The van der Waals surface area contributed by atoms with Crippen LogP contribution in [0.15, 0.2) is 18.7 Å². The van der Waals surface area contributed by atoms with Crippen LogP contribution in [0.1, 0.15) is 20.3 Å². The number of nitrogens with one attached hydrogen (secondary N) is 2. The van der Waals surface area contributed by atoms with Crippen LogP contribution in [-0.2, 0) is 16.1 Å². The maximum absolute atomic E-state index is 12.0. The number of nitrogens with zero attached hydrogens (tertiary/aromatic N) is 3. The standard InChI is InChI=1S/C14H23N5O2/c1-11(2)19-8-5-17-14(21)12(19)9-13(20)16-4-7-18-6-3-15-10-18/h3,6,10-12H,4-5,7-9H2,1-2H3,(H,16,20)(H,17,21)/t12-/m0/s1. The van der Waals surface area contributed by atoms with Gasteiger partial charge >= 0.3 is 0 Å². The summed E-state index contributed by atoms with van der Waals surface area (Å²) in [5.74, 6) is -0.150. The van der Waals surface area contributed by atoms with Crippen LogP contribution in [0.2, 0.25) is 0 Å². The third-order valence-electron chi connectivity index (χ3n) is 3.67. The number of hydrogen-bond acceptors (Lipinski definition) is 4. The van der Waals surface area contributed by atoms with E-state index in [4.69, 9.17) is 0 Å². The maximum Gasteiger partial charge on any atom is 0.237 e. The molecule has 2 heterocycles. The second kappa shape index (κ2) is 7.21. The first-order valence-electron chi connectivity index (χ1n) is 7.34. The lowest BCUT2D eigenvalue weighted by atomic mass is 10.1. The predicted molar refractivity (Wildman–Crippen MR) is 78.5 cm³/mol. The van der Waals surface area contributed by atoms with E-state index in [0.29, 0.717) is 19.6 Å². The Labute approximate surface area is 124 Å². The van der Waals surface area contributed by atoms with Crippen molar-refractivity contribution in [2.75, 3.05) is 19.6 Å². The Morgan fingerprint density at radius 2 is 2.38 bits per heavy atom. The van der Waals surface area contributed by atoms with E-state index < -0.39 is 0 Å². The van der Waals surface area contributed by atoms with Gasteiger partial charge in [-0.1, -0.05) is 0 Å². The first-order chi connectivity index (χ1) is 10.1. The molecule has 2 amide bonds. The van der Waals surface area contributed by atoms with Gasteiger partial charge in [-0.3, -0.25) is 14.5 Å². The molecule has 2 rings (SSSR count). The first kappa shape index (κ1) is 15.5. The summed E-state index contributed by atoms with van der Waals surface area (Å²) in [5.41, 5.74) is 0. The quantitative estimate of drug-likeness (QED) is 0.748. The highest BCUT2D eigenvalue weighted by Crippen LogP contribution is 2.12. The molecule has 1 fully saturated rings. The van der Waals surface area contributed by atoms with Crippen molar-refractivity contribution in [3.63, 3.8) is 0 Å². The van der Waals surface area contributed by atoms with Crippen molar-refractivity contribution >= 4 is 11.8 Å². The van der Waals surface area contributed by atoms with Gasteiger partial charge in [0.15, 0.2) is 0 Å². The molecule has 1 aliphatic rings. The van der Waals surface area contributed by atoms with Crippen molar-refractivity contribution in [3.05, 3.63) is 18.7 Å². The lowest BCUT2D eigenvalue weighted by Gasteiger charge is -2.37. The minimum atomic E-state index is -0.369. The second-order valence-electron chi connectivity index (χ2n) is 5.49. The highest BCUT2D eigenvalue weighted by atomic mass is 16.2. The van der Waals surface area contributed by atoms with E-state index in [9.17, 15) is 9.59 Å². The Bertz CT molecular complexity index is 472. The van der Waals surface area contributed by atoms with Crippen LogP contribution < -0.4 is 10.6 Å². The molecule has 1 aliphatic heterocycles. The lowest BCUT2D eigenvalue weighted by molar-refractivity contribution is -0.134. The number of aromatic nitrogens is 2. The fraction of sp³-hybridized carbons (Fsp3) is 0.643. The van der Waals surface area contributed by atoms with Crippen molar-refractivity contribution in [1.82, 2.24) is 25.1 Å². The smallest absolute Gasteiger partial charge is 0.237 e. The largest absolute Gasteiger partial charge is 0.354 e. The normalized spacial score (nSPS) is 19.6. The van der Waals surface area contributed by atoms with Gasteiger partial charge in [0.25, 0.3) is 0 Å². The number of imidazole rings is 1. The third kappa shape index (κ3) is 4.29. The van der Waals surface area contributed by atoms with E-state index in [1.165, 1.54) is 0 Å². The SMILES string of the molecule is CC(C)N1CCNC(=O)[C@@H]1CC(=O)NCCn1ccnc1. The monoisotopic (exact) mass is 293 g/mol. The molecule has 2 N–H and O–H groups in total. The first-order valence-corrected chi connectivity index (χ1v) is 7.34. The number of hydrogen-bond donors (Lipinski definition) is 2. The van der Waals surface area contributed by atoms with E-state index in [2.05, 4.69) is 20.5 Å². The number of piperazine rings is 1. The molecule has 0 unspecified atom stereocenters. The summed E-state index contributed by atoms with van der Waals surface area (Å²) in [6, 6.07) is -0.119. The van der Waals surface area contributed by atoms with E-state index in [1.807, 2.05) is 24.6 Å². The summed E-state index contributed by atoms with van der Waals surface area (Å²) in [5, 5.41) is 5.68. The van der Waals surface area contributed by atoms with Gasteiger partial charge in [-0.15, -0.1) is 0 Å². The molecule has 0 radical (unpaired) electrons. The van der Waals surface area contributed by atoms with Gasteiger partial charge in [0, 0.05) is 44.6 Å². The van der Waals surface area contributed by atoms with Crippen molar-refractivity contribution in [2.45, 2.75) is 38.9 Å². The van der Waals surface area contributed by atoms with Crippen LogP contribution in [0.3, 0.4) is 0 Å². The van der Waals surface area contributed by atoms with Crippen LogP contribution in [0.25, 0.3) is 0 Å². The Kier molecular flexibility index (Phi) is 5.32. The van der Waals surface area contributed by atoms with E-state index >= 15 is 0 Å². The molecule has 0 spiro atoms. The van der Waals surface area contributed by atoms with E-state index in [-0.39, 0.29) is 30.3 Å². The Hall–Kier alpha value is -1.89.